The van der Waals surface area contributed by atoms with Crippen LogP contribution in [0.1, 0.15) is 25.3 Å². The summed E-state index contributed by atoms with van der Waals surface area (Å²) < 4.78 is 0. The molecular formula is C14H17NS. The van der Waals surface area contributed by atoms with Crippen LogP contribution in [0.5, 0.6) is 0 Å². The molecule has 16 heavy (non-hydrogen) atoms. The molecule has 1 aromatic rings. The average Bonchev–Trinajstić information content (AvgIpc) is 2.29. The molecule has 0 saturated heterocycles. The van der Waals surface area contributed by atoms with Gasteiger partial charge in [0.1, 0.15) is 0 Å². The lowest BCUT2D eigenvalue weighted by atomic mass is 10.0. The molecule has 1 N–H and O–H groups in total. The zero-order valence-electron chi connectivity index (χ0n) is 9.73. The minimum atomic E-state index is 0.565. The molecule has 0 aliphatic carbocycles. The molecule has 84 valence electrons. The van der Waals surface area contributed by atoms with Crippen molar-refractivity contribution in [2.24, 2.45) is 0 Å². The van der Waals surface area contributed by atoms with E-state index in [2.05, 4.69) is 44.7 Å². The molecule has 0 heterocycles. The number of hydrogen-bond donors (Lipinski definition) is 1. The molecule has 0 atom stereocenters. The van der Waals surface area contributed by atoms with Gasteiger partial charge < -0.3 is 5.41 Å². The predicted molar refractivity (Wildman–Crippen MR) is 73.5 cm³/mol. The van der Waals surface area contributed by atoms with Crippen molar-refractivity contribution in [1.29, 1.82) is 5.41 Å². The summed E-state index contributed by atoms with van der Waals surface area (Å²) in [5.41, 5.74) is 1.35. The molecule has 1 aromatic carbocycles. The first-order valence-corrected chi connectivity index (χ1v) is 6.10. The SMILES string of the molecule is C=C/C(=C\C=N)Sc1ccc(C(C)C)cc1. The van der Waals surface area contributed by atoms with Crippen LogP contribution in [0.15, 0.2) is 52.8 Å². The first-order valence-electron chi connectivity index (χ1n) is 5.28. The monoisotopic (exact) mass is 231 g/mol. The van der Waals surface area contributed by atoms with E-state index < -0.39 is 0 Å². The summed E-state index contributed by atoms with van der Waals surface area (Å²) in [4.78, 5) is 2.17. The van der Waals surface area contributed by atoms with Crippen LogP contribution in [0.25, 0.3) is 0 Å². The summed E-state index contributed by atoms with van der Waals surface area (Å²) in [6, 6.07) is 8.53. The third kappa shape index (κ3) is 3.70. The van der Waals surface area contributed by atoms with Gasteiger partial charge in [0.05, 0.1) is 0 Å². The van der Waals surface area contributed by atoms with E-state index in [1.165, 1.54) is 16.7 Å². The van der Waals surface area contributed by atoms with Gasteiger partial charge in [-0.25, -0.2) is 0 Å². The molecule has 0 saturated carbocycles. The largest absolute Gasteiger partial charge is 0.309 e. The van der Waals surface area contributed by atoms with E-state index >= 15 is 0 Å². The minimum Gasteiger partial charge on any atom is -0.309 e. The van der Waals surface area contributed by atoms with E-state index in [0.29, 0.717) is 5.92 Å². The number of hydrogen-bond acceptors (Lipinski definition) is 2. The molecule has 1 rings (SSSR count). The Hall–Kier alpha value is -1.28. The maximum Gasteiger partial charge on any atom is 0.0189 e. The van der Waals surface area contributed by atoms with Crippen LogP contribution < -0.4 is 0 Å². The Kier molecular flexibility index (Phi) is 5.06. The fourth-order valence-electron chi connectivity index (χ4n) is 1.28. The third-order valence-corrected chi connectivity index (χ3v) is 3.28. The lowest BCUT2D eigenvalue weighted by Crippen LogP contribution is -1.85. The van der Waals surface area contributed by atoms with E-state index in [-0.39, 0.29) is 0 Å². The minimum absolute atomic E-state index is 0.565. The maximum atomic E-state index is 7.03. The van der Waals surface area contributed by atoms with E-state index in [0.717, 1.165) is 4.91 Å². The fourth-order valence-corrected chi connectivity index (χ4v) is 2.05. The van der Waals surface area contributed by atoms with Gasteiger partial charge in [-0.1, -0.05) is 50.4 Å². The van der Waals surface area contributed by atoms with E-state index in [9.17, 15) is 0 Å². The lowest BCUT2D eigenvalue weighted by molar-refractivity contribution is 0.865. The smallest absolute Gasteiger partial charge is 0.0189 e. The maximum absolute atomic E-state index is 7.03. The summed E-state index contributed by atoms with van der Waals surface area (Å²) in [6.07, 6.45) is 4.80. The molecule has 0 amide bonds. The summed E-state index contributed by atoms with van der Waals surface area (Å²) in [7, 11) is 0. The summed E-state index contributed by atoms with van der Waals surface area (Å²) in [5.74, 6) is 0.565. The molecule has 2 heteroatoms. The van der Waals surface area contributed by atoms with Gasteiger partial charge in [0.2, 0.25) is 0 Å². The third-order valence-electron chi connectivity index (χ3n) is 2.23. The quantitative estimate of drug-likeness (QED) is 0.446. The van der Waals surface area contributed by atoms with Gasteiger partial charge in [-0.3, -0.25) is 0 Å². The average molecular weight is 231 g/mol. The first-order chi connectivity index (χ1) is 7.67. The predicted octanol–water partition coefficient (Wildman–Crippen LogP) is 4.62. The highest BCUT2D eigenvalue weighted by atomic mass is 32.2. The Morgan fingerprint density at radius 2 is 1.94 bits per heavy atom. The molecule has 0 unspecified atom stereocenters. The Morgan fingerprint density at radius 1 is 1.31 bits per heavy atom. The standard InChI is InChI=1S/C14H17NS/c1-4-13(9-10-15)16-14-7-5-12(6-8-14)11(2)3/h4-11,15H,1H2,2-3H3/b13-9+,15-10?. The van der Waals surface area contributed by atoms with Crippen molar-refractivity contribution < 1.29 is 0 Å². The Balaban J connectivity index is 2.78. The van der Waals surface area contributed by atoms with E-state index in [1.807, 2.05) is 0 Å². The number of benzene rings is 1. The second kappa shape index (κ2) is 6.33. The van der Waals surface area contributed by atoms with Crippen LogP contribution in [0, 0.1) is 5.41 Å². The van der Waals surface area contributed by atoms with Gasteiger partial charge in [0.15, 0.2) is 0 Å². The zero-order valence-corrected chi connectivity index (χ0v) is 10.6. The molecular weight excluding hydrogens is 214 g/mol. The van der Waals surface area contributed by atoms with Crippen molar-refractivity contribution in [3.8, 4) is 0 Å². The summed E-state index contributed by atoms with van der Waals surface area (Å²) in [5, 5.41) is 7.03. The van der Waals surface area contributed by atoms with Crippen molar-refractivity contribution in [2.75, 3.05) is 0 Å². The Labute approximate surface area is 102 Å². The van der Waals surface area contributed by atoms with Gasteiger partial charge in [-0.05, 0) is 29.7 Å². The Bertz CT molecular complexity index is 388. The fraction of sp³-hybridized carbons (Fsp3) is 0.214. The van der Waals surface area contributed by atoms with Gasteiger partial charge >= 0.3 is 0 Å². The number of thioether (sulfide) groups is 1. The summed E-state index contributed by atoms with van der Waals surface area (Å²) in [6.45, 7) is 8.10. The molecule has 0 aliphatic heterocycles. The normalized spacial score (nSPS) is 11.6. The molecule has 0 fully saturated rings. The van der Waals surface area contributed by atoms with E-state index in [1.54, 1.807) is 23.9 Å². The topological polar surface area (TPSA) is 23.9 Å². The van der Waals surface area contributed by atoms with Gasteiger partial charge in [-0.2, -0.15) is 0 Å². The lowest BCUT2D eigenvalue weighted by Gasteiger charge is -2.06. The van der Waals surface area contributed by atoms with Crippen molar-refractivity contribution in [3.05, 3.63) is 53.5 Å². The second-order valence-corrected chi connectivity index (χ2v) is 4.91. The highest BCUT2D eigenvalue weighted by Gasteiger charge is 2.00. The summed E-state index contributed by atoms with van der Waals surface area (Å²) >= 11 is 1.63. The second-order valence-electron chi connectivity index (χ2n) is 3.77. The van der Waals surface area contributed by atoms with Crippen LogP contribution in [0.4, 0.5) is 0 Å². The number of rotatable bonds is 5. The molecule has 0 spiro atoms. The number of nitrogens with one attached hydrogen (secondary N) is 1. The van der Waals surface area contributed by atoms with Crippen LogP contribution in [-0.4, -0.2) is 6.21 Å². The van der Waals surface area contributed by atoms with Crippen molar-refractivity contribution in [1.82, 2.24) is 0 Å². The van der Waals surface area contributed by atoms with Crippen LogP contribution in [0.3, 0.4) is 0 Å². The zero-order chi connectivity index (χ0) is 12.0. The van der Waals surface area contributed by atoms with Crippen LogP contribution >= 0.6 is 11.8 Å². The van der Waals surface area contributed by atoms with Crippen molar-refractivity contribution in [3.63, 3.8) is 0 Å². The molecule has 0 bridgehead atoms. The Morgan fingerprint density at radius 3 is 2.38 bits per heavy atom. The van der Waals surface area contributed by atoms with Gasteiger partial charge in [0.25, 0.3) is 0 Å². The molecule has 0 radical (unpaired) electrons. The van der Waals surface area contributed by atoms with E-state index in [4.69, 9.17) is 5.41 Å². The highest BCUT2D eigenvalue weighted by Crippen LogP contribution is 2.28. The molecule has 0 aliphatic rings. The first kappa shape index (κ1) is 12.8. The van der Waals surface area contributed by atoms with Gasteiger partial charge in [0, 0.05) is 16.0 Å². The van der Waals surface area contributed by atoms with Crippen LogP contribution in [0.2, 0.25) is 0 Å². The molecule has 1 nitrogen and oxygen atoms in total. The van der Waals surface area contributed by atoms with Crippen LogP contribution in [-0.2, 0) is 0 Å². The highest BCUT2D eigenvalue weighted by molar-refractivity contribution is 8.03. The van der Waals surface area contributed by atoms with Crippen molar-refractivity contribution >= 4 is 18.0 Å². The van der Waals surface area contributed by atoms with Crippen molar-refractivity contribution in [2.45, 2.75) is 24.7 Å². The number of allylic oxidation sites excluding steroid dienone is 2. The molecule has 0 aromatic heterocycles. The van der Waals surface area contributed by atoms with Gasteiger partial charge in [-0.15, -0.1) is 0 Å².